The highest BCUT2D eigenvalue weighted by Gasteiger charge is 2.35. The molecule has 1 heterocycles. The molecule has 1 fully saturated rings. The molecular weight excluding hydrogens is 536 g/mol. The Bertz CT molecular complexity index is 1220. The van der Waals surface area contributed by atoms with E-state index in [9.17, 15) is 14.4 Å². The van der Waals surface area contributed by atoms with Gasteiger partial charge in [0.1, 0.15) is 34.4 Å². The van der Waals surface area contributed by atoms with E-state index in [1.807, 2.05) is 41.5 Å². The fourth-order valence-corrected chi connectivity index (χ4v) is 4.40. The number of rotatable bonds is 6. The number of nitrogens with one attached hydrogen (secondary N) is 1. The Hall–Kier alpha value is -3.75. The third-order valence-electron chi connectivity index (χ3n) is 6.06. The summed E-state index contributed by atoms with van der Waals surface area (Å²) in [7, 11) is 0. The Morgan fingerprint density at radius 2 is 1.24 bits per heavy atom. The lowest BCUT2D eigenvalue weighted by Crippen LogP contribution is -2.51. The molecule has 0 aromatic heterocycles. The summed E-state index contributed by atoms with van der Waals surface area (Å²) in [6.07, 6.45) is -0.116. The normalized spacial score (nSPS) is 18.0. The molecule has 42 heavy (non-hydrogen) atoms. The predicted molar refractivity (Wildman–Crippen MR) is 161 cm³/mol. The molecule has 1 aliphatic heterocycles. The van der Waals surface area contributed by atoms with E-state index in [2.05, 4.69) is 5.32 Å². The highest BCUT2D eigenvalue weighted by Crippen LogP contribution is 2.23. The molecule has 0 unspecified atom stereocenters. The van der Waals surface area contributed by atoms with Gasteiger partial charge in [0.25, 0.3) is 5.91 Å². The van der Waals surface area contributed by atoms with Gasteiger partial charge in [-0.3, -0.25) is 4.79 Å². The molecule has 0 bridgehead atoms. The van der Waals surface area contributed by atoms with Crippen LogP contribution < -0.4 is 14.8 Å². The van der Waals surface area contributed by atoms with Crippen molar-refractivity contribution in [3.8, 4) is 11.5 Å². The number of likely N-dealkylation sites (tertiary alicyclic amines) is 1. The van der Waals surface area contributed by atoms with E-state index in [-0.39, 0.29) is 23.7 Å². The number of carbonyl (C=O) groups is 3. The van der Waals surface area contributed by atoms with Crippen LogP contribution in [0.4, 0.5) is 4.79 Å². The maximum absolute atomic E-state index is 13.3. The summed E-state index contributed by atoms with van der Waals surface area (Å²) in [5, 5.41) is 3.01. The second kappa shape index (κ2) is 13.0. The van der Waals surface area contributed by atoms with Crippen molar-refractivity contribution in [2.75, 3.05) is 13.1 Å². The fraction of sp³-hybridized carbons (Fsp3) is 0.545. The van der Waals surface area contributed by atoms with Gasteiger partial charge in [-0.25, -0.2) is 9.59 Å². The molecule has 0 spiro atoms. The van der Waals surface area contributed by atoms with E-state index >= 15 is 0 Å². The number of hydrogen-bond acceptors (Lipinski definition) is 7. The van der Waals surface area contributed by atoms with E-state index < -0.39 is 29.8 Å². The number of hydrogen-bond donors (Lipinski definition) is 1. The lowest BCUT2D eigenvalue weighted by Gasteiger charge is -2.30. The van der Waals surface area contributed by atoms with Crippen LogP contribution in [-0.4, -0.2) is 64.9 Å². The highest BCUT2D eigenvalue weighted by atomic mass is 16.6. The van der Waals surface area contributed by atoms with Crippen LogP contribution in [0.25, 0.3) is 0 Å². The molecule has 0 radical (unpaired) electrons. The Morgan fingerprint density at radius 3 is 1.71 bits per heavy atom. The van der Waals surface area contributed by atoms with Gasteiger partial charge in [-0.2, -0.15) is 0 Å². The maximum atomic E-state index is 13.3. The Kier molecular flexibility index (Phi) is 10.2. The van der Waals surface area contributed by atoms with E-state index in [0.717, 1.165) is 0 Å². The van der Waals surface area contributed by atoms with E-state index in [1.54, 1.807) is 74.2 Å². The SMILES string of the molecule is CC(C)(C)OC(=O)N1CCC[C@@H](OC(=O)c2ccc(OC(C)(C)C)cc2)[C@H](NC(=O)c2ccc(OC(C)(C)C)cc2)C1. The van der Waals surface area contributed by atoms with Crippen molar-refractivity contribution >= 4 is 18.0 Å². The van der Waals surface area contributed by atoms with Crippen molar-refractivity contribution in [3.05, 3.63) is 59.7 Å². The van der Waals surface area contributed by atoms with E-state index in [4.69, 9.17) is 18.9 Å². The fourth-order valence-electron chi connectivity index (χ4n) is 4.40. The average molecular weight is 583 g/mol. The standard InChI is InChI=1S/C33H46N2O7/c1-31(2,3)40-24-16-12-22(13-17-24)28(36)34-26-21-35(30(38)42-33(7,8)9)20-10-11-27(26)39-29(37)23-14-18-25(19-15-23)41-32(4,5)6/h12-19,26-27H,10-11,20-21H2,1-9H3,(H,34,36)/t26-,27-/m1/s1. The third kappa shape index (κ3) is 10.6. The number of carbonyl (C=O) groups excluding carboxylic acids is 3. The van der Waals surface area contributed by atoms with E-state index in [0.29, 0.717) is 42.0 Å². The summed E-state index contributed by atoms with van der Waals surface area (Å²) in [6.45, 7) is 17.6. The lowest BCUT2D eigenvalue weighted by molar-refractivity contribution is 0.0127. The van der Waals surface area contributed by atoms with Gasteiger partial charge in [0.05, 0.1) is 11.6 Å². The first kappa shape index (κ1) is 32.8. The number of benzene rings is 2. The zero-order valence-electron chi connectivity index (χ0n) is 26.4. The Balaban J connectivity index is 1.79. The number of ether oxygens (including phenoxy) is 4. The van der Waals surface area contributed by atoms with Crippen LogP contribution in [0.5, 0.6) is 11.5 Å². The molecule has 2 amide bonds. The Labute approximate surface area is 249 Å². The van der Waals surface area contributed by atoms with Crippen LogP contribution in [0.2, 0.25) is 0 Å². The van der Waals surface area contributed by atoms with Gasteiger partial charge < -0.3 is 29.2 Å². The van der Waals surface area contributed by atoms with Crippen LogP contribution in [-0.2, 0) is 9.47 Å². The van der Waals surface area contributed by atoms with Gasteiger partial charge >= 0.3 is 12.1 Å². The van der Waals surface area contributed by atoms with Crippen molar-refractivity contribution in [3.63, 3.8) is 0 Å². The molecule has 1 saturated heterocycles. The number of esters is 1. The van der Waals surface area contributed by atoms with Crippen LogP contribution >= 0.6 is 0 Å². The second-order valence-electron chi connectivity index (χ2n) is 13.6. The summed E-state index contributed by atoms with van der Waals surface area (Å²) >= 11 is 0. The summed E-state index contributed by atoms with van der Waals surface area (Å²) in [4.78, 5) is 41.0. The molecule has 2 aromatic carbocycles. The predicted octanol–water partition coefficient (Wildman–Crippen LogP) is 6.40. The first-order valence-electron chi connectivity index (χ1n) is 14.5. The molecule has 2 atom stereocenters. The average Bonchev–Trinajstić information content (AvgIpc) is 3.04. The minimum atomic E-state index is -0.673. The van der Waals surface area contributed by atoms with Crippen molar-refractivity contribution < 1.29 is 33.3 Å². The van der Waals surface area contributed by atoms with Gasteiger partial charge in [0.2, 0.25) is 0 Å². The molecule has 2 aromatic rings. The molecular formula is C33H46N2O7. The number of amides is 2. The van der Waals surface area contributed by atoms with Crippen molar-refractivity contribution in [1.82, 2.24) is 10.2 Å². The van der Waals surface area contributed by atoms with Gasteiger partial charge in [0.15, 0.2) is 0 Å². The second-order valence-corrected chi connectivity index (χ2v) is 13.6. The van der Waals surface area contributed by atoms with Gasteiger partial charge in [-0.15, -0.1) is 0 Å². The largest absolute Gasteiger partial charge is 0.488 e. The first-order valence-corrected chi connectivity index (χ1v) is 14.5. The topological polar surface area (TPSA) is 103 Å². The highest BCUT2D eigenvalue weighted by molar-refractivity contribution is 5.94. The summed E-state index contributed by atoms with van der Waals surface area (Å²) in [5.74, 6) is 0.426. The van der Waals surface area contributed by atoms with Gasteiger partial charge in [-0.1, -0.05) is 0 Å². The molecule has 230 valence electrons. The zero-order chi connectivity index (χ0) is 31.3. The van der Waals surface area contributed by atoms with Crippen LogP contribution in [0.3, 0.4) is 0 Å². The maximum Gasteiger partial charge on any atom is 0.410 e. The molecule has 3 rings (SSSR count). The minimum absolute atomic E-state index is 0.127. The summed E-state index contributed by atoms with van der Waals surface area (Å²) in [5.41, 5.74) is -0.624. The minimum Gasteiger partial charge on any atom is -0.488 e. The molecule has 1 aliphatic rings. The molecule has 9 heteroatoms. The lowest BCUT2D eigenvalue weighted by atomic mass is 10.1. The van der Waals surface area contributed by atoms with Gasteiger partial charge in [0, 0.05) is 18.7 Å². The molecule has 0 aliphatic carbocycles. The van der Waals surface area contributed by atoms with Crippen molar-refractivity contribution in [1.29, 1.82) is 0 Å². The third-order valence-corrected chi connectivity index (χ3v) is 6.06. The zero-order valence-corrected chi connectivity index (χ0v) is 26.4. The van der Waals surface area contributed by atoms with Gasteiger partial charge in [-0.05, 0) is 124 Å². The summed E-state index contributed by atoms with van der Waals surface area (Å²) in [6, 6.07) is 12.9. The van der Waals surface area contributed by atoms with Crippen molar-refractivity contribution in [2.24, 2.45) is 0 Å². The quantitative estimate of drug-likeness (QED) is 0.393. The van der Waals surface area contributed by atoms with Crippen LogP contribution in [0.15, 0.2) is 48.5 Å². The number of nitrogens with zero attached hydrogens (tertiary/aromatic N) is 1. The molecule has 0 saturated carbocycles. The monoisotopic (exact) mass is 582 g/mol. The smallest absolute Gasteiger partial charge is 0.410 e. The van der Waals surface area contributed by atoms with Crippen LogP contribution in [0, 0.1) is 0 Å². The van der Waals surface area contributed by atoms with Crippen molar-refractivity contribution in [2.45, 2.75) is 104 Å². The molecule has 9 nitrogen and oxygen atoms in total. The first-order chi connectivity index (χ1) is 19.4. The Morgan fingerprint density at radius 1 is 0.738 bits per heavy atom. The molecule has 1 N–H and O–H groups in total. The summed E-state index contributed by atoms with van der Waals surface area (Å²) < 4.78 is 23.3. The van der Waals surface area contributed by atoms with E-state index in [1.165, 1.54) is 0 Å². The van der Waals surface area contributed by atoms with Crippen LogP contribution in [0.1, 0.15) is 95.9 Å².